The van der Waals surface area contributed by atoms with E-state index in [9.17, 15) is 14.4 Å². The Balaban J connectivity index is 2.09. The number of amides is 2. The van der Waals surface area contributed by atoms with E-state index in [1.165, 1.54) is 0 Å². The minimum atomic E-state index is -0.356. The van der Waals surface area contributed by atoms with Gasteiger partial charge < -0.3 is 15.5 Å². The minimum absolute atomic E-state index is 0.0191. The van der Waals surface area contributed by atoms with Crippen molar-refractivity contribution >= 4 is 34.3 Å². The third-order valence-corrected chi connectivity index (χ3v) is 4.00. The van der Waals surface area contributed by atoms with Crippen LogP contribution in [0.3, 0.4) is 0 Å². The van der Waals surface area contributed by atoms with Crippen LogP contribution in [-0.2, 0) is 9.59 Å². The van der Waals surface area contributed by atoms with E-state index in [1.807, 2.05) is 6.92 Å². The molecule has 0 bridgehead atoms. The van der Waals surface area contributed by atoms with Crippen molar-refractivity contribution in [2.24, 2.45) is 5.73 Å². The van der Waals surface area contributed by atoms with Crippen molar-refractivity contribution in [3.05, 3.63) is 29.5 Å². The van der Waals surface area contributed by atoms with Crippen molar-refractivity contribution in [3.63, 3.8) is 0 Å². The van der Waals surface area contributed by atoms with Crippen molar-refractivity contribution < 1.29 is 18.8 Å². The Hall–Kier alpha value is -2.63. The van der Waals surface area contributed by atoms with Gasteiger partial charge in [-0.1, -0.05) is 6.92 Å². The Morgan fingerprint density at radius 3 is 2.91 bits per heavy atom. The number of rotatable bonds is 4. The molecule has 1 aromatic carbocycles. The number of Topliss-reactive ketones (excluding diaryl/α,β-unsaturated/α-hetero) is 1. The van der Waals surface area contributed by atoms with Crippen LogP contribution in [0.4, 0.5) is 5.69 Å². The zero-order valence-corrected chi connectivity index (χ0v) is 12.1. The van der Waals surface area contributed by atoms with Crippen LogP contribution in [0.1, 0.15) is 48.0 Å². The molecule has 1 unspecified atom stereocenters. The highest BCUT2D eigenvalue weighted by Crippen LogP contribution is 2.37. The summed E-state index contributed by atoms with van der Waals surface area (Å²) in [5.41, 5.74) is 7.66. The molecule has 6 heteroatoms. The van der Waals surface area contributed by atoms with Crippen LogP contribution in [0, 0.1) is 0 Å². The monoisotopic (exact) mass is 300 g/mol. The fourth-order valence-electron chi connectivity index (χ4n) is 2.85. The van der Waals surface area contributed by atoms with Crippen LogP contribution in [0.25, 0.3) is 11.0 Å². The highest BCUT2D eigenvalue weighted by Gasteiger charge is 2.28. The highest BCUT2D eigenvalue weighted by molar-refractivity contribution is 6.24. The number of carbonyl (C=O) groups excluding carboxylic acids is 3. The Morgan fingerprint density at radius 1 is 1.41 bits per heavy atom. The van der Waals surface area contributed by atoms with Gasteiger partial charge in [-0.25, -0.2) is 0 Å². The summed E-state index contributed by atoms with van der Waals surface area (Å²) in [6.45, 7) is 1.96. The summed E-state index contributed by atoms with van der Waals surface area (Å²) in [7, 11) is 0. The molecule has 0 saturated heterocycles. The molecule has 2 amide bonds. The van der Waals surface area contributed by atoms with Gasteiger partial charge in [0.2, 0.25) is 11.8 Å². The summed E-state index contributed by atoms with van der Waals surface area (Å²) < 4.78 is 5.54. The van der Waals surface area contributed by atoms with E-state index >= 15 is 0 Å². The number of nitrogens with one attached hydrogen (secondary N) is 1. The lowest BCUT2D eigenvalue weighted by Gasteiger charge is -2.18. The molecule has 1 aliphatic rings. The predicted molar refractivity (Wildman–Crippen MR) is 80.6 cm³/mol. The molecule has 1 atom stereocenters. The fourth-order valence-corrected chi connectivity index (χ4v) is 2.85. The van der Waals surface area contributed by atoms with Crippen molar-refractivity contribution in [1.29, 1.82) is 0 Å². The summed E-state index contributed by atoms with van der Waals surface area (Å²) in [5, 5.41) is 3.43. The first kappa shape index (κ1) is 14.3. The average Bonchev–Trinajstić information content (AvgIpc) is 2.87. The van der Waals surface area contributed by atoms with Gasteiger partial charge in [-0.05, 0) is 24.5 Å². The van der Waals surface area contributed by atoms with Gasteiger partial charge in [0.05, 0.1) is 23.9 Å². The summed E-state index contributed by atoms with van der Waals surface area (Å²) in [6.07, 6.45) is 2.30. The second-order valence-electron chi connectivity index (χ2n) is 5.61. The van der Waals surface area contributed by atoms with Crippen molar-refractivity contribution in [2.45, 2.75) is 32.1 Å². The molecule has 1 aliphatic heterocycles. The molecule has 2 aromatic rings. The number of hydrogen-bond acceptors (Lipinski definition) is 4. The lowest BCUT2D eigenvalue weighted by Crippen LogP contribution is -2.24. The number of nitrogens with two attached hydrogens (primary N) is 1. The molecular weight excluding hydrogens is 284 g/mol. The summed E-state index contributed by atoms with van der Waals surface area (Å²) in [4.78, 5) is 34.7. The van der Waals surface area contributed by atoms with Gasteiger partial charge in [0.15, 0.2) is 5.78 Å². The van der Waals surface area contributed by atoms with E-state index in [-0.39, 0.29) is 36.4 Å². The summed E-state index contributed by atoms with van der Waals surface area (Å²) in [5.74, 6) is -0.853. The lowest BCUT2D eigenvalue weighted by molar-refractivity contribution is -0.118. The molecule has 0 radical (unpaired) electrons. The third kappa shape index (κ3) is 2.36. The lowest BCUT2D eigenvalue weighted by atomic mass is 9.90. The maximum atomic E-state index is 12.3. The number of primary amides is 1. The van der Waals surface area contributed by atoms with Gasteiger partial charge in [-0.15, -0.1) is 0 Å². The molecule has 3 N–H and O–H groups in total. The Bertz CT molecular complexity index is 791. The average molecular weight is 300 g/mol. The molecule has 0 spiro atoms. The summed E-state index contributed by atoms with van der Waals surface area (Å²) >= 11 is 0. The number of carbonyl (C=O) groups is 3. The van der Waals surface area contributed by atoms with E-state index < -0.39 is 0 Å². The SMILES string of the molecule is CC(CCC(N)=O)c1coc2ccc3c(c12)C(=O)CC(=O)N3. The zero-order valence-electron chi connectivity index (χ0n) is 12.1. The maximum Gasteiger partial charge on any atom is 0.232 e. The minimum Gasteiger partial charge on any atom is -0.464 e. The zero-order chi connectivity index (χ0) is 15.9. The van der Waals surface area contributed by atoms with Crippen molar-refractivity contribution in [2.75, 3.05) is 5.32 Å². The number of hydrogen-bond donors (Lipinski definition) is 2. The van der Waals surface area contributed by atoms with Crippen molar-refractivity contribution in [3.8, 4) is 0 Å². The molecule has 0 saturated carbocycles. The fraction of sp³-hybridized carbons (Fsp3) is 0.312. The van der Waals surface area contributed by atoms with Gasteiger partial charge >= 0.3 is 0 Å². The van der Waals surface area contributed by atoms with Crippen LogP contribution in [0.2, 0.25) is 0 Å². The first-order valence-corrected chi connectivity index (χ1v) is 7.13. The Labute approximate surface area is 126 Å². The van der Waals surface area contributed by atoms with Crippen LogP contribution in [-0.4, -0.2) is 17.6 Å². The number of fused-ring (bicyclic) bond motifs is 3. The van der Waals surface area contributed by atoms with E-state index in [1.54, 1.807) is 18.4 Å². The van der Waals surface area contributed by atoms with Gasteiger partial charge in [0.1, 0.15) is 5.58 Å². The molecule has 6 nitrogen and oxygen atoms in total. The van der Waals surface area contributed by atoms with Gasteiger partial charge in [0.25, 0.3) is 0 Å². The highest BCUT2D eigenvalue weighted by atomic mass is 16.3. The normalized spacial score (nSPS) is 15.5. The van der Waals surface area contributed by atoms with E-state index in [2.05, 4.69) is 5.32 Å². The standard InChI is InChI=1S/C16H16N2O4/c1-8(2-5-13(17)20)9-7-22-12-4-3-10-16(15(9)12)11(19)6-14(21)18-10/h3-4,7-8H,2,5-6H2,1H3,(H2,17,20)(H,18,21). The van der Waals surface area contributed by atoms with Crippen LogP contribution >= 0.6 is 0 Å². The van der Waals surface area contributed by atoms with Crippen molar-refractivity contribution in [1.82, 2.24) is 0 Å². The molecule has 1 aromatic heterocycles. The van der Waals surface area contributed by atoms with Crippen LogP contribution in [0.5, 0.6) is 0 Å². The smallest absolute Gasteiger partial charge is 0.232 e. The molecule has 0 fully saturated rings. The number of benzene rings is 1. The first-order chi connectivity index (χ1) is 10.5. The first-order valence-electron chi connectivity index (χ1n) is 7.13. The van der Waals surface area contributed by atoms with Crippen LogP contribution in [0.15, 0.2) is 22.8 Å². The predicted octanol–water partition coefficient (Wildman–Crippen LogP) is 2.33. The quantitative estimate of drug-likeness (QED) is 0.846. The molecule has 3 rings (SSSR count). The second kappa shape index (κ2) is 5.29. The third-order valence-electron chi connectivity index (χ3n) is 4.00. The molecule has 114 valence electrons. The Morgan fingerprint density at radius 2 is 2.18 bits per heavy atom. The van der Waals surface area contributed by atoms with Gasteiger partial charge in [-0.3, -0.25) is 14.4 Å². The largest absolute Gasteiger partial charge is 0.464 e. The maximum absolute atomic E-state index is 12.3. The van der Waals surface area contributed by atoms with Crippen LogP contribution < -0.4 is 11.1 Å². The van der Waals surface area contributed by atoms with Gasteiger partial charge in [-0.2, -0.15) is 0 Å². The molecular formula is C16H16N2O4. The van der Waals surface area contributed by atoms with Gasteiger partial charge in [0, 0.05) is 17.4 Å². The Kier molecular flexibility index (Phi) is 3.44. The molecule has 2 heterocycles. The van der Waals surface area contributed by atoms with E-state index in [4.69, 9.17) is 10.2 Å². The number of anilines is 1. The topological polar surface area (TPSA) is 102 Å². The van der Waals surface area contributed by atoms with E-state index in [0.717, 1.165) is 10.9 Å². The second-order valence-corrected chi connectivity index (χ2v) is 5.61. The molecule has 22 heavy (non-hydrogen) atoms. The summed E-state index contributed by atoms with van der Waals surface area (Å²) in [6, 6.07) is 3.41. The number of furan rings is 1. The van der Waals surface area contributed by atoms with E-state index in [0.29, 0.717) is 23.3 Å². The molecule has 0 aliphatic carbocycles. The number of ketones is 1.